The van der Waals surface area contributed by atoms with Crippen molar-refractivity contribution < 1.29 is 26.7 Å². The van der Waals surface area contributed by atoms with E-state index in [1.165, 1.54) is 0 Å². The van der Waals surface area contributed by atoms with Crippen molar-refractivity contribution >= 4 is 17.5 Å². The molecule has 1 atom stereocenters. The summed E-state index contributed by atoms with van der Waals surface area (Å²) in [5.41, 5.74) is 4.86. The summed E-state index contributed by atoms with van der Waals surface area (Å²) in [6, 6.07) is 19.3. The molecule has 3 aromatic carbocycles. The molecule has 3 aromatic rings. The quantitative estimate of drug-likeness (QED) is 0.448. The molecule has 0 aromatic heterocycles. The minimum absolute atomic E-state index is 0. The molecule has 2 heterocycles. The number of fused-ring (bicyclic) bond motifs is 1. The first kappa shape index (κ1) is 23.6. The van der Waals surface area contributed by atoms with E-state index in [4.69, 9.17) is 14.2 Å². The lowest BCUT2D eigenvalue weighted by molar-refractivity contribution is -0.118. The van der Waals surface area contributed by atoms with Gasteiger partial charge in [-0.3, -0.25) is 9.59 Å². The van der Waals surface area contributed by atoms with Gasteiger partial charge in [-0.15, -0.1) is 0 Å². The number of rotatable bonds is 7. The van der Waals surface area contributed by atoms with Crippen LogP contribution >= 0.6 is 0 Å². The third-order valence-electron chi connectivity index (χ3n) is 7.58. The Balaban J connectivity index is 0.00000176. The number of carbonyl (C=O) groups is 2. The van der Waals surface area contributed by atoms with Gasteiger partial charge in [0.05, 0.1) is 11.5 Å². The average molecular weight is 503 g/mol. The maximum atomic E-state index is 13.4. The van der Waals surface area contributed by atoms with Crippen LogP contribution in [0.2, 0.25) is 0 Å². The zero-order chi connectivity index (χ0) is 25.4. The second-order valence-corrected chi connectivity index (χ2v) is 10.1. The smallest absolute Gasteiger partial charge is 0.251 e. The van der Waals surface area contributed by atoms with Crippen molar-refractivity contribution in [2.75, 3.05) is 25.3 Å². The molecule has 6 rings (SSSR count). The number of nitrogens with one attached hydrogen (secondary N) is 2. The summed E-state index contributed by atoms with van der Waals surface area (Å²) < 4.78 is 16.5. The van der Waals surface area contributed by atoms with E-state index in [0.717, 1.165) is 66.0 Å². The van der Waals surface area contributed by atoms with E-state index in [9.17, 15) is 9.59 Å². The molecule has 0 unspecified atom stereocenters. The Morgan fingerprint density at radius 2 is 1.81 bits per heavy atom. The van der Waals surface area contributed by atoms with Gasteiger partial charge < -0.3 is 24.8 Å². The zero-order valence-electron chi connectivity index (χ0n) is 20.8. The van der Waals surface area contributed by atoms with Crippen molar-refractivity contribution in [3.05, 3.63) is 77.4 Å². The van der Waals surface area contributed by atoms with Crippen molar-refractivity contribution in [3.63, 3.8) is 0 Å². The van der Waals surface area contributed by atoms with Crippen molar-refractivity contribution in [2.24, 2.45) is 0 Å². The summed E-state index contributed by atoms with van der Waals surface area (Å²) in [6.07, 6.45) is 3.75. The molecule has 1 aliphatic carbocycles. The van der Waals surface area contributed by atoms with E-state index >= 15 is 0 Å². The number of carbonyl (C=O) groups excluding carboxylic acids is 2. The topological polar surface area (TPSA) is 85.9 Å². The number of hydrogen-bond donors (Lipinski definition) is 2. The number of hydrogen-bond acceptors (Lipinski definition) is 5. The van der Waals surface area contributed by atoms with Gasteiger partial charge in [-0.2, -0.15) is 0 Å². The Kier molecular flexibility index (Phi) is 6.08. The van der Waals surface area contributed by atoms with Crippen LogP contribution in [0.4, 0.5) is 5.69 Å². The highest BCUT2D eigenvalue weighted by molar-refractivity contribution is 6.02. The SMILES string of the molecule is Cc1ccc(NC(=O)C2(c3ccc4c(c3)OCO4)CC2)cc1-c1ccc(C(=O)NC[C@H]2CCCO2)cc1.[HH].[HH]. The molecule has 0 bridgehead atoms. The lowest BCUT2D eigenvalue weighted by Gasteiger charge is -2.17. The fourth-order valence-corrected chi connectivity index (χ4v) is 5.14. The van der Waals surface area contributed by atoms with E-state index < -0.39 is 5.41 Å². The molecule has 1 saturated carbocycles. The molecule has 0 radical (unpaired) electrons. The first-order chi connectivity index (χ1) is 18.0. The summed E-state index contributed by atoms with van der Waals surface area (Å²) >= 11 is 0. The monoisotopic (exact) mass is 502 g/mol. The molecule has 0 spiro atoms. The Labute approximate surface area is 219 Å². The second kappa shape index (κ2) is 9.56. The predicted molar refractivity (Wildman–Crippen MR) is 144 cm³/mol. The molecule has 37 heavy (non-hydrogen) atoms. The molecule has 7 nitrogen and oxygen atoms in total. The summed E-state index contributed by atoms with van der Waals surface area (Å²) in [5.74, 6) is 1.30. The van der Waals surface area contributed by atoms with Crippen molar-refractivity contribution in [1.82, 2.24) is 5.32 Å². The van der Waals surface area contributed by atoms with Gasteiger partial charge >= 0.3 is 0 Å². The highest BCUT2D eigenvalue weighted by Gasteiger charge is 2.51. The van der Waals surface area contributed by atoms with Crippen LogP contribution in [0.15, 0.2) is 60.7 Å². The van der Waals surface area contributed by atoms with Crippen molar-refractivity contribution in [3.8, 4) is 22.6 Å². The van der Waals surface area contributed by atoms with E-state index in [-0.39, 0.29) is 27.6 Å². The summed E-state index contributed by atoms with van der Waals surface area (Å²) in [5, 5.41) is 6.10. The molecular weight excluding hydrogens is 468 g/mol. The van der Waals surface area contributed by atoms with Gasteiger partial charge in [-0.05, 0) is 91.3 Å². The largest absolute Gasteiger partial charge is 0.454 e. The van der Waals surface area contributed by atoms with Gasteiger partial charge in [0.1, 0.15) is 0 Å². The molecule has 2 amide bonds. The number of ether oxygens (including phenoxy) is 3. The first-order valence-corrected chi connectivity index (χ1v) is 12.8. The second-order valence-electron chi connectivity index (χ2n) is 10.1. The number of aryl methyl sites for hydroxylation is 1. The highest BCUT2D eigenvalue weighted by atomic mass is 16.7. The summed E-state index contributed by atoms with van der Waals surface area (Å²) in [4.78, 5) is 25.9. The van der Waals surface area contributed by atoms with E-state index in [2.05, 4.69) is 10.6 Å². The molecule has 3 aliphatic rings. The fraction of sp³-hybridized carbons (Fsp3) is 0.333. The van der Waals surface area contributed by atoms with Crippen LogP contribution in [-0.2, 0) is 14.9 Å². The van der Waals surface area contributed by atoms with E-state index in [1.807, 2.05) is 67.6 Å². The Hall–Kier alpha value is -3.84. The average Bonchev–Trinajstić information content (AvgIpc) is 3.32. The van der Waals surface area contributed by atoms with Crippen molar-refractivity contribution in [1.29, 1.82) is 0 Å². The molecule has 2 aliphatic heterocycles. The van der Waals surface area contributed by atoms with Gasteiger partial charge in [0, 0.05) is 27.3 Å². The standard InChI is InChI=1S/C30H30N2O5.2H2/c1-19-4-10-23(32-29(34)30(12-13-30)22-9-11-26-27(15-22)37-18-36-26)16-25(19)20-5-7-21(8-6-20)28(33)31-17-24-3-2-14-35-24;;/h4-11,15-16,24H,2-3,12-14,17-18H2,1H3,(H,31,33)(H,32,34);2*1H/t24-;;/m1../s1. The molecular formula is C30H34N2O5. The van der Waals surface area contributed by atoms with Gasteiger partial charge in [-0.1, -0.05) is 24.3 Å². The van der Waals surface area contributed by atoms with E-state index in [0.29, 0.717) is 17.9 Å². The van der Waals surface area contributed by atoms with Crippen LogP contribution in [0.25, 0.3) is 11.1 Å². The zero-order valence-corrected chi connectivity index (χ0v) is 20.8. The third-order valence-corrected chi connectivity index (χ3v) is 7.58. The maximum absolute atomic E-state index is 13.4. The molecule has 7 heteroatoms. The van der Waals surface area contributed by atoms with Gasteiger partial charge in [0.25, 0.3) is 5.91 Å². The summed E-state index contributed by atoms with van der Waals surface area (Å²) in [7, 11) is 0. The third kappa shape index (κ3) is 4.67. The molecule has 194 valence electrons. The molecule has 2 N–H and O–H groups in total. The predicted octanol–water partition coefficient (Wildman–Crippen LogP) is 5.46. The van der Waals surface area contributed by atoms with Gasteiger partial charge in [0.2, 0.25) is 12.7 Å². The Morgan fingerprint density at radius 3 is 2.57 bits per heavy atom. The minimum atomic E-state index is -0.537. The first-order valence-electron chi connectivity index (χ1n) is 12.8. The lowest BCUT2D eigenvalue weighted by atomic mass is 9.94. The van der Waals surface area contributed by atoms with Crippen LogP contribution in [0.3, 0.4) is 0 Å². The van der Waals surface area contributed by atoms with Crippen LogP contribution in [0, 0.1) is 6.92 Å². The van der Waals surface area contributed by atoms with Crippen molar-refractivity contribution in [2.45, 2.75) is 44.1 Å². The van der Waals surface area contributed by atoms with Crippen LogP contribution in [-0.4, -0.2) is 37.9 Å². The molecule has 2 fully saturated rings. The maximum Gasteiger partial charge on any atom is 0.251 e. The fourth-order valence-electron chi connectivity index (χ4n) is 5.14. The molecule has 1 saturated heterocycles. The number of amides is 2. The highest BCUT2D eigenvalue weighted by Crippen LogP contribution is 2.51. The van der Waals surface area contributed by atoms with Crippen LogP contribution in [0.1, 0.15) is 50.0 Å². The Bertz CT molecular complexity index is 1350. The van der Waals surface area contributed by atoms with Crippen LogP contribution < -0.4 is 20.1 Å². The number of benzene rings is 3. The van der Waals surface area contributed by atoms with Gasteiger partial charge in [-0.25, -0.2) is 0 Å². The lowest BCUT2D eigenvalue weighted by Crippen LogP contribution is -2.31. The Morgan fingerprint density at radius 1 is 1.00 bits per heavy atom. The van der Waals surface area contributed by atoms with Gasteiger partial charge in [0.15, 0.2) is 11.5 Å². The normalized spacial score (nSPS) is 18.9. The minimum Gasteiger partial charge on any atom is -0.454 e. The van der Waals surface area contributed by atoms with E-state index in [1.54, 1.807) is 0 Å². The number of anilines is 1. The summed E-state index contributed by atoms with van der Waals surface area (Å²) in [6.45, 7) is 3.56. The van der Waals surface area contributed by atoms with Crippen LogP contribution in [0.5, 0.6) is 11.5 Å².